The van der Waals surface area contributed by atoms with Crippen LogP contribution in [0.1, 0.15) is 65.3 Å². The minimum atomic E-state index is -0.947. The second kappa shape index (κ2) is 10.7. The lowest BCUT2D eigenvalue weighted by Gasteiger charge is -2.44. The molecule has 1 aromatic heterocycles. The first kappa shape index (κ1) is 27.3. The van der Waals surface area contributed by atoms with E-state index < -0.39 is 23.8 Å². The molecule has 11 nitrogen and oxygen atoms in total. The van der Waals surface area contributed by atoms with Gasteiger partial charge in [-0.15, -0.1) is 0 Å². The van der Waals surface area contributed by atoms with E-state index in [1.54, 1.807) is 12.1 Å². The largest absolute Gasteiger partial charge is 0.493 e. The summed E-state index contributed by atoms with van der Waals surface area (Å²) in [5.41, 5.74) is 2.56. The number of amides is 4. The minimum absolute atomic E-state index is 0.110. The molecule has 0 bridgehead atoms. The SMILES string of the molecule is O=C1CCC(N2C(=O)c3ccc(N4CC(CN5CCC(n6cc7ccc(OCC8CC8)cc7n6)CC5)C4)cc3C2=O)C(=O)N1. The van der Waals surface area contributed by atoms with E-state index in [9.17, 15) is 19.2 Å². The van der Waals surface area contributed by atoms with Crippen LogP contribution in [0, 0.1) is 11.8 Å². The summed E-state index contributed by atoms with van der Waals surface area (Å²) in [4.78, 5) is 55.9. The highest BCUT2D eigenvalue weighted by Crippen LogP contribution is 2.34. The number of fused-ring (bicyclic) bond motifs is 2. The summed E-state index contributed by atoms with van der Waals surface area (Å²) in [6.07, 6.45) is 7.14. The Bertz CT molecular complexity index is 1670. The zero-order valence-electron chi connectivity index (χ0n) is 24.6. The van der Waals surface area contributed by atoms with Gasteiger partial charge in [-0.3, -0.25) is 34.1 Å². The van der Waals surface area contributed by atoms with Gasteiger partial charge in [0.1, 0.15) is 11.8 Å². The van der Waals surface area contributed by atoms with Crippen molar-refractivity contribution in [2.75, 3.05) is 44.2 Å². The summed E-state index contributed by atoms with van der Waals surface area (Å²) >= 11 is 0. The number of rotatable bonds is 8. The fourth-order valence-electron chi connectivity index (χ4n) is 7.07. The molecule has 5 aliphatic rings. The first-order valence-corrected chi connectivity index (χ1v) is 15.8. The number of ether oxygens (including phenoxy) is 1. The van der Waals surface area contributed by atoms with E-state index in [2.05, 4.69) is 44.2 Å². The molecule has 1 N–H and O–H groups in total. The van der Waals surface area contributed by atoms with E-state index in [0.717, 1.165) is 85.3 Å². The molecular weight excluding hydrogens is 560 g/mol. The Hall–Kier alpha value is -4.25. The first-order valence-electron chi connectivity index (χ1n) is 15.8. The molecule has 5 heterocycles. The number of carbonyl (C=O) groups is 4. The molecule has 3 aromatic rings. The third kappa shape index (κ3) is 5.02. The third-order valence-electron chi connectivity index (χ3n) is 9.87. The number of benzene rings is 2. The van der Waals surface area contributed by atoms with Gasteiger partial charge in [0.15, 0.2) is 0 Å². The van der Waals surface area contributed by atoms with Gasteiger partial charge in [-0.1, -0.05) is 0 Å². The number of nitrogens with one attached hydrogen (secondary N) is 1. The van der Waals surface area contributed by atoms with E-state index in [-0.39, 0.29) is 18.7 Å². The predicted molar refractivity (Wildman–Crippen MR) is 161 cm³/mol. The number of piperidine rings is 2. The second-order valence-electron chi connectivity index (χ2n) is 13.1. The number of aromatic nitrogens is 2. The maximum absolute atomic E-state index is 13.2. The smallest absolute Gasteiger partial charge is 0.262 e. The summed E-state index contributed by atoms with van der Waals surface area (Å²) in [6, 6.07) is 11.0. The molecule has 1 saturated carbocycles. The Morgan fingerprint density at radius 1 is 0.864 bits per heavy atom. The maximum Gasteiger partial charge on any atom is 0.262 e. The molecule has 1 unspecified atom stereocenters. The molecule has 1 aliphatic carbocycles. The molecule has 2 aromatic carbocycles. The molecule has 0 spiro atoms. The number of carbonyl (C=O) groups excluding carboxylic acids is 4. The Balaban J connectivity index is 0.834. The summed E-state index contributed by atoms with van der Waals surface area (Å²) in [7, 11) is 0. The lowest BCUT2D eigenvalue weighted by molar-refractivity contribution is -0.136. The van der Waals surface area contributed by atoms with Crippen molar-refractivity contribution < 1.29 is 23.9 Å². The van der Waals surface area contributed by atoms with E-state index in [1.807, 2.05) is 6.07 Å². The van der Waals surface area contributed by atoms with Crippen molar-refractivity contribution >= 4 is 40.2 Å². The number of likely N-dealkylation sites (tertiary alicyclic amines) is 1. The van der Waals surface area contributed by atoms with E-state index >= 15 is 0 Å². The van der Waals surface area contributed by atoms with Crippen molar-refractivity contribution in [1.29, 1.82) is 0 Å². The van der Waals surface area contributed by atoms with Gasteiger partial charge in [-0.05, 0) is 68.4 Å². The van der Waals surface area contributed by atoms with Crippen molar-refractivity contribution in [2.45, 2.75) is 50.6 Å². The second-order valence-corrected chi connectivity index (χ2v) is 13.1. The first-order chi connectivity index (χ1) is 21.4. The lowest BCUT2D eigenvalue weighted by Crippen LogP contribution is -2.54. The van der Waals surface area contributed by atoms with Gasteiger partial charge in [-0.25, -0.2) is 0 Å². The molecule has 3 saturated heterocycles. The van der Waals surface area contributed by atoms with Crippen LogP contribution in [0.5, 0.6) is 5.75 Å². The number of hydrogen-bond acceptors (Lipinski definition) is 8. The Labute approximate surface area is 255 Å². The molecular formula is C33H36N6O5. The molecule has 1 atom stereocenters. The van der Waals surface area contributed by atoms with Crippen LogP contribution in [-0.4, -0.2) is 88.6 Å². The summed E-state index contributed by atoms with van der Waals surface area (Å²) in [5, 5.41) is 8.30. The van der Waals surface area contributed by atoms with Crippen LogP contribution in [0.25, 0.3) is 10.9 Å². The van der Waals surface area contributed by atoms with Gasteiger partial charge in [0.2, 0.25) is 11.8 Å². The topological polar surface area (TPSA) is 117 Å². The number of hydrogen-bond donors (Lipinski definition) is 1. The van der Waals surface area contributed by atoms with Crippen LogP contribution in [0.2, 0.25) is 0 Å². The van der Waals surface area contributed by atoms with Gasteiger partial charge in [-0.2, -0.15) is 5.10 Å². The van der Waals surface area contributed by atoms with Gasteiger partial charge < -0.3 is 14.5 Å². The van der Waals surface area contributed by atoms with Crippen molar-refractivity contribution in [3.8, 4) is 5.75 Å². The fraction of sp³-hybridized carbons (Fsp3) is 0.485. The summed E-state index contributed by atoms with van der Waals surface area (Å²) in [5.74, 6) is 0.277. The average Bonchev–Trinajstić information content (AvgIpc) is 3.69. The van der Waals surface area contributed by atoms with Crippen molar-refractivity contribution in [2.24, 2.45) is 11.8 Å². The highest BCUT2D eigenvalue weighted by atomic mass is 16.5. The molecule has 11 heteroatoms. The molecule has 0 radical (unpaired) electrons. The van der Waals surface area contributed by atoms with Crippen LogP contribution in [0.4, 0.5) is 5.69 Å². The molecule has 44 heavy (non-hydrogen) atoms. The number of anilines is 1. The van der Waals surface area contributed by atoms with E-state index in [0.29, 0.717) is 23.1 Å². The molecule has 228 valence electrons. The lowest BCUT2D eigenvalue weighted by atomic mass is 9.95. The highest BCUT2D eigenvalue weighted by molar-refractivity contribution is 6.23. The maximum atomic E-state index is 13.2. The Morgan fingerprint density at radius 3 is 2.43 bits per heavy atom. The summed E-state index contributed by atoms with van der Waals surface area (Å²) < 4.78 is 8.10. The molecule has 4 fully saturated rings. The van der Waals surface area contributed by atoms with Crippen molar-refractivity contribution in [3.05, 3.63) is 53.7 Å². The molecule has 4 aliphatic heterocycles. The Morgan fingerprint density at radius 2 is 1.66 bits per heavy atom. The van der Waals surface area contributed by atoms with Gasteiger partial charge in [0.25, 0.3) is 11.8 Å². The van der Waals surface area contributed by atoms with Crippen LogP contribution in [0.15, 0.2) is 42.6 Å². The van der Waals surface area contributed by atoms with Gasteiger partial charge >= 0.3 is 0 Å². The van der Waals surface area contributed by atoms with Crippen LogP contribution >= 0.6 is 0 Å². The van der Waals surface area contributed by atoms with E-state index in [4.69, 9.17) is 9.84 Å². The zero-order chi connectivity index (χ0) is 29.9. The number of nitrogens with zero attached hydrogens (tertiary/aromatic N) is 5. The quantitative estimate of drug-likeness (QED) is 0.395. The zero-order valence-corrected chi connectivity index (χ0v) is 24.6. The third-order valence-corrected chi connectivity index (χ3v) is 9.87. The van der Waals surface area contributed by atoms with Gasteiger partial charge in [0, 0.05) is 68.4 Å². The predicted octanol–water partition coefficient (Wildman–Crippen LogP) is 3.00. The van der Waals surface area contributed by atoms with Crippen LogP contribution < -0.4 is 15.0 Å². The molecule has 8 rings (SSSR count). The van der Waals surface area contributed by atoms with Crippen LogP contribution in [0.3, 0.4) is 0 Å². The average molecular weight is 597 g/mol. The summed E-state index contributed by atoms with van der Waals surface area (Å²) in [6.45, 7) is 5.72. The van der Waals surface area contributed by atoms with E-state index in [1.165, 1.54) is 12.8 Å². The monoisotopic (exact) mass is 596 g/mol. The number of imide groups is 2. The van der Waals surface area contributed by atoms with Gasteiger partial charge in [0.05, 0.1) is 29.3 Å². The molecule has 4 amide bonds. The standard InChI is InChI=1S/C33H36N6O5/c40-30-8-7-29(31(41)34-30)39-32(42)26-6-4-24(13-27(26)33(39)43)37-16-21(17-37)15-36-11-9-23(10-12-36)38-18-22-3-5-25(14-28(22)35-38)44-19-20-1-2-20/h3-6,13-14,18,20-21,23,29H,1-2,7-12,15-17,19H2,(H,34,40,41). The minimum Gasteiger partial charge on any atom is -0.493 e. The van der Waals surface area contributed by atoms with Crippen molar-refractivity contribution in [1.82, 2.24) is 24.9 Å². The van der Waals surface area contributed by atoms with Crippen molar-refractivity contribution in [3.63, 3.8) is 0 Å². The fourth-order valence-corrected chi connectivity index (χ4v) is 7.07. The Kier molecular flexibility index (Phi) is 6.66. The highest BCUT2D eigenvalue weighted by Gasteiger charge is 2.45. The van der Waals surface area contributed by atoms with Crippen LogP contribution in [-0.2, 0) is 9.59 Å². The normalized spacial score (nSPS) is 23.3.